The summed E-state index contributed by atoms with van der Waals surface area (Å²) in [7, 11) is 1.71. The second kappa shape index (κ2) is 4.84. The number of aliphatic hydroxyl groups excluding tert-OH is 1. The molecule has 1 rings (SSSR count). The lowest BCUT2D eigenvalue weighted by molar-refractivity contribution is -0.138. The predicted octanol–water partition coefficient (Wildman–Crippen LogP) is 0.498. The van der Waals surface area contributed by atoms with Crippen molar-refractivity contribution in [2.75, 3.05) is 7.05 Å². The number of carbonyl (C=O) groups is 1. The summed E-state index contributed by atoms with van der Waals surface area (Å²) in [6, 6.07) is -0.866. The molecule has 1 atom stereocenters. The van der Waals surface area contributed by atoms with Crippen LogP contribution in [0.1, 0.15) is 19.3 Å². The van der Waals surface area contributed by atoms with Crippen molar-refractivity contribution < 1.29 is 15.0 Å². The minimum absolute atomic E-state index is 0.310. The molecule has 0 heterocycles. The fraction of sp³-hybridized carbons (Fsp3) is 0.500. The van der Waals surface area contributed by atoms with Gasteiger partial charge in [0.15, 0.2) is 0 Å². The number of nitrogens with one attached hydrogen (secondary N) is 1. The molecule has 0 aromatic heterocycles. The van der Waals surface area contributed by atoms with Crippen LogP contribution in [0.4, 0.5) is 0 Å². The monoisotopic (exact) mass is 212 g/mol. The Kier molecular flexibility index (Phi) is 3.74. The third-order valence-electron chi connectivity index (χ3n) is 2.41. The van der Waals surface area contributed by atoms with E-state index in [0.29, 0.717) is 30.7 Å². The SMILES string of the molecule is CNC1=C(O)CCC(CC(N)C(=O)O)=C1. The molecule has 0 aromatic rings. The molecule has 0 saturated heterocycles. The van der Waals surface area contributed by atoms with Crippen molar-refractivity contribution in [2.24, 2.45) is 5.73 Å². The molecule has 5 nitrogen and oxygen atoms in total. The van der Waals surface area contributed by atoms with E-state index in [1.807, 2.05) is 0 Å². The van der Waals surface area contributed by atoms with Crippen LogP contribution in [0.3, 0.4) is 0 Å². The first-order valence-corrected chi connectivity index (χ1v) is 4.82. The zero-order chi connectivity index (χ0) is 11.4. The van der Waals surface area contributed by atoms with Gasteiger partial charge in [0.05, 0.1) is 5.70 Å². The third kappa shape index (κ3) is 2.99. The highest BCUT2D eigenvalue weighted by atomic mass is 16.4. The van der Waals surface area contributed by atoms with Crippen LogP contribution in [0.15, 0.2) is 23.1 Å². The highest BCUT2D eigenvalue weighted by molar-refractivity contribution is 5.73. The molecule has 5 heteroatoms. The van der Waals surface area contributed by atoms with Crippen LogP contribution in [0.25, 0.3) is 0 Å². The number of carboxylic acid groups (broad SMARTS) is 1. The van der Waals surface area contributed by atoms with E-state index in [9.17, 15) is 9.90 Å². The number of rotatable bonds is 4. The topological polar surface area (TPSA) is 95.6 Å². The highest BCUT2D eigenvalue weighted by Gasteiger charge is 2.17. The van der Waals surface area contributed by atoms with Crippen LogP contribution in [0.5, 0.6) is 0 Å². The molecule has 1 aliphatic carbocycles. The summed E-state index contributed by atoms with van der Waals surface area (Å²) < 4.78 is 0. The summed E-state index contributed by atoms with van der Waals surface area (Å²) >= 11 is 0. The molecule has 0 saturated carbocycles. The van der Waals surface area contributed by atoms with Crippen molar-refractivity contribution in [3.05, 3.63) is 23.1 Å². The van der Waals surface area contributed by atoms with E-state index in [0.717, 1.165) is 5.57 Å². The molecule has 0 spiro atoms. The summed E-state index contributed by atoms with van der Waals surface area (Å²) in [4.78, 5) is 10.6. The molecule has 1 unspecified atom stereocenters. The van der Waals surface area contributed by atoms with E-state index in [1.54, 1.807) is 13.1 Å². The minimum Gasteiger partial charge on any atom is -0.510 e. The highest BCUT2D eigenvalue weighted by Crippen LogP contribution is 2.23. The maximum Gasteiger partial charge on any atom is 0.320 e. The summed E-state index contributed by atoms with van der Waals surface area (Å²) in [6.45, 7) is 0. The second-order valence-electron chi connectivity index (χ2n) is 3.56. The number of carboxylic acids is 1. The summed E-state index contributed by atoms with van der Waals surface area (Å²) in [5.41, 5.74) is 7.03. The second-order valence-corrected chi connectivity index (χ2v) is 3.56. The van der Waals surface area contributed by atoms with Gasteiger partial charge in [-0.3, -0.25) is 4.79 Å². The molecule has 0 radical (unpaired) electrons. The zero-order valence-electron chi connectivity index (χ0n) is 8.66. The largest absolute Gasteiger partial charge is 0.510 e. The fourth-order valence-electron chi connectivity index (χ4n) is 1.52. The molecular weight excluding hydrogens is 196 g/mol. The molecule has 5 N–H and O–H groups in total. The Morgan fingerprint density at radius 3 is 2.87 bits per heavy atom. The van der Waals surface area contributed by atoms with E-state index < -0.39 is 12.0 Å². The number of likely N-dealkylation sites (N-methyl/N-ethyl adjacent to an activating group) is 1. The number of hydrogen-bond acceptors (Lipinski definition) is 4. The Morgan fingerprint density at radius 1 is 1.67 bits per heavy atom. The molecule has 0 amide bonds. The number of aliphatic carboxylic acids is 1. The lowest BCUT2D eigenvalue weighted by Crippen LogP contribution is -2.30. The van der Waals surface area contributed by atoms with Gasteiger partial charge in [0.1, 0.15) is 11.8 Å². The Bertz CT molecular complexity index is 321. The molecule has 0 aromatic carbocycles. The first kappa shape index (κ1) is 11.6. The van der Waals surface area contributed by atoms with Crippen LogP contribution < -0.4 is 11.1 Å². The number of nitrogens with two attached hydrogens (primary N) is 1. The van der Waals surface area contributed by atoms with E-state index in [1.165, 1.54) is 0 Å². The molecule has 0 fully saturated rings. The first-order valence-electron chi connectivity index (χ1n) is 4.82. The molecular formula is C10H16N2O3. The van der Waals surface area contributed by atoms with Gasteiger partial charge in [-0.15, -0.1) is 0 Å². The Labute approximate surface area is 88.3 Å². The Hall–Kier alpha value is -1.49. The van der Waals surface area contributed by atoms with Crippen molar-refractivity contribution in [1.29, 1.82) is 0 Å². The lowest BCUT2D eigenvalue weighted by atomic mass is 9.96. The average Bonchev–Trinajstić information content (AvgIpc) is 2.20. The summed E-state index contributed by atoms with van der Waals surface area (Å²) in [5, 5.41) is 21.0. The van der Waals surface area contributed by atoms with Crippen LogP contribution >= 0.6 is 0 Å². The van der Waals surface area contributed by atoms with Gasteiger partial charge in [-0.1, -0.05) is 5.57 Å². The van der Waals surface area contributed by atoms with Gasteiger partial charge in [0.2, 0.25) is 0 Å². The van der Waals surface area contributed by atoms with E-state index in [2.05, 4.69) is 5.32 Å². The lowest BCUT2D eigenvalue weighted by Gasteiger charge is -2.17. The van der Waals surface area contributed by atoms with Crippen LogP contribution in [0.2, 0.25) is 0 Å². The standard InChI is InChI=1S/C10H16N2O3/c1-12-8-5-6(2-3-9(8)13)4-7(11)10(14)15/h5,7,12-13H,2-4,11H2,1H3,(H,14,15). The van der Waals surface area contributed by atoms with Crippen molar-refractivity contribution in [1.82, 2.24) is 5.32 Å². The van der Waals surface area contributed by atoms with Gasteiger partial charge in [-0.05, 0) is 18.9 Å². The van der Waals surface area contributed by atoms with Crippen molar-refractivity contribution in [3.8, 4) is 0 Å². The van der Waals surface area contributed by atoms with Crippen molar-refractivity contribution in [3.63, 3.8) is 0 Å². The van der Waals surface area contributed by atoms with Gasteiger partial charge in [0, 0.05) is 13.5 Å². The van der Waals surface area contributed by atoms with Gasteiger partial charge in [-0.2, -0.15) is 0 Å². The number of allylic oxidation sites excluding steroid dienone is 2. The zero-order valence-corrected chi connectivity index (χ0v) is 8.66. The van der Waals surface area contributed by atoms with Crippen LogP contribution in [-0.2, 0) is 4.79 Å². The summed E-state index contributed by atoms with van der Waals surface area (Å²) in [5.74, 6) is -0.689. The smallest absolute Gasteiger partial charge is 0.320 e. The quantitative estimate of drug-likeness (QED) is 0.544. The summed E-state index contributed by atoms with van der Waals surface area (Å²) in [6.07, 6.45) is 3.29. The van der Waals surface area contributed by atoms with E-state index in [4.69, 9.17) is 10.8 Å². The van der Waals surface area contributed by atoms with Crippen LogP contribution in [0, 0.1) is 0 Å². The van der Waals surface area contributed by atoms with E-state index >= 15 is 0 Å². The number of hydrogen-bond donors (Lipinski definition) is 4. The maximum atomic E-state index is 10.6. The van der Waals surface area contributed by atoms with E-state index in [-0.39, 0.29) is 0 Å². The third-order valence-corrected chi connectivity index (χ3v) is 2.41. The van der Waals surface area contributed by atoms with Crippen molar-refractivity contribution in [2.45, 2.75) is 25.3 Å². The maximum absolute atomic E-state index is 10.6. The van der Waals surface area contributed by atoms with Gasteiger partial charge >= 0.3 is 5.97 Å². The number of aliphatic hydroxyl groups is 1. The molecule has 15 heavy (non-hydrogen) atoms. The van der Waals surface area contributed by atoms with Gasteiger partial charge in [-0.25, -0.2) is 0 Å². The minimum atomic E-state index is -0.999. The first-order chi connectivity index (χ1) is 7.04. The molecule has 0 bridgehead atoms. The fourth-order valence-corrected chi connectivity index (χ4v) is 1.52. The van der Waals surface area contributed by atoms with Gasteiger partial charge < -0.3 is 21.3 Å². The Morgan fingerprint density at radius 2 is 2.33 bits per heavy atom. The van der Waals surface area contributed by atoms with Crippen molar-refractivity contribution >= 4 is 5.97 Å². The normalized spacial score (nSPS) is 18.4. The predicted molar refractivity (Wildman–Crippen MR) is 56.3 cm³/mol. The molecule has 1 aliphatic rings. The average molecular weight is 212 g/mol. The molecule has 84 valence electrons. The van der Waals surface area contributed by atoms with Gasteiger partial charge in [0.25, 0.3) is 0 Å². The molecule has 0 aliphatic heterocycles. The van der Waals surface area contributed by atoms with Crippen LogP contribution in [-0.4, -0.2) is 29.3 Å². The Balaban J connectivity index is 2.69.